The van der Waals surface area contributed by atoms with E-state index in [0.29, 0.717) is 0 Å². The number of rotatable bonds is 8. The summed E-state index contributed by atoms with van der Waals surface area (Å²) in [7, 11) is 3.58. The van der Waals surface area contributed by atoms with E-state index in [9.17, 15) is 0 Å². The minimum atomic E-state index is -0.160. The zero-order valence-electron chi connectivity index (χ0n) is 16.7. The number of aryl methyl sites for hydroxylation is 1. The average Bonchev–Trinajstić information content (AvgIpc) is 2.68. The van der Waals surface area contributed by atoms with Crippen LogP contribution < -0.4 is 15.5 Å². The molecule has 1 aliphatic heterocycles. The van der Waals surface area contributed by atoms with Crippen LogP contribution in [0.1, 0.15) is 25.3 Å². The Kier molecular flexibility index (Phi) is 8.19. The molecule has 0 radical (unpaired) electrons. The molecule has 0 aromatic heterocycles. The maximum atomic E-state index is 5.77. The van der Waals surface area contributed by atoms with Crippen molar-refractivity contribution in [1.82, 2.24) is 10.6 Å². The van der Waals surface area contributed by atoms with Gasteiger partial charge in [-0.1, -0.05) is 12.1 Å². The number of methoxy groups -OCH3 is 1. The van der Waals surface area contributed by atoms with Crippen LogP contribution in [0.5, 0.6) is 0 Å². The van der Waals surface area contributed by atoms with Gasteiger partial charge in [0.05, 0.1) is 5.60 Å². The Morgan fingerprint density at radius 1 is 1.31 bits per heavy atom. The number of ether oxygens (including phenoxy) is 2. The SMILES string of the molecule is CCN(CCNC(=NC)NCC1(OC)CCOCC1)c1cccc(C)c1. The molecule has 26 heavy (non-hydrogen) atoms. The summed E-state index contributed by atoms with van der Waals surface area (Å²) in [6.45, 7) is 9.28. The van der Waals surface area contributed by atoms with Crippen LogP contribution in [-0.2, 0) is 9.47 Å². The van der Waals surface area contributed by atoms with Crippen LogP contribution in [0.2, 0.25) is 0 Å². The molecule has 0 bridgehead atoms. The smallest absolute Gasteiger partial charge is 0.191 e. The Bertz CT molecular complexity index is 571. The molecule has 0 saturated carbocycles. The second-order valence-electron chi connectivity index (χ2n) is 6.77. The largest absolute Gasteiger partial charge is 0.381 e. The average molecular weight is 363 g/mol. The Labute approximate surface area is 158 Å². The first-order chi connectivity index (χ1) is 12.6. The van der Waals surface area contributed by atoms with Crippen LogP contribution in [0.15, 0.2) is 29.3 Å². The highest BCUT2D eigenvalue weighted by molar-refractivity contribution is 5.79. The fourth-order valence-electron chi connectivity index (χ4n) is 3.27. The van der Waals surface area contributed by atoms with E-state index >= 15 is 0 Å². The van der Waals surface area contributed by atoms with Crippen LogP contribution in [0, 0.1) is 6.92 Å². The monoisotopic (exact) mass is 362 g/mol. The van der Waals surface area contributed by atoms with Gasteiger partial charge in [0.2, 0.25) is 0 Å². The van der Waals surface area contributed by atoms with Crippen LogP contribution in [0.25, 0.3) is 0 Å². The first-order valence-electron chi connectivity index (χ1n) is 9.51. The fraction of sp³-hybridized carbons (Fsp3) is 0.650. The van der Waals surface area contributed by atoms with Crippen molar-refractivity contribution in [2.75, 3.05) is 58.5 Å². The lowest BCUT2D eigenvalue weighted by Crippen LogP contribution is -2.51. The van der Waals surface area contributed by atoms with E-state index in [2.05, 4.69) is 58.6 Å². The standard InChI is InChI=1S/C20H34N4O2/c1-5-24(18-8-6-7-17(2)15-18)12-11-22-19(21-3)23-16-20(25-4)9-13-26-14-10-20/h6-8,15H,5,9-14,16H2,1-4H3,(H2,21,22,23). The summed E-state index contributed by atoms with van der Waals surface area (Å²) >= 11 is 0. The number of hydrogen-bond donors (Lipinski definition) is 2. The molecular formula is C20H34N4O2. The molecule has 1 aromatic rings. The minimum absolute atomic E-state index is 0.160. The number of benzene rings is 1. The summed E-state index contributed by atoms with van der Waals surface area (Å²) in [6, 6.07) is 8.63. The highest BCUT2D eigenvalue weighted by Gasteiger charge is 2.32. The van der Waals surface area contributed by atoms with Gasteiger partial charge in [-0.25, -0.2) is 0 Å². The van der Waals surface area contributed by atoms with Crippen molar-refractivity contribution >= 4 is 11.6 Å². The topological polar surface area (TPSA) is 58.1 Å². The van der Waals surface area contributed by atoms with E-state index in [4.69, 9.17) is 9.47 Å². The van der Waals surface area contributed by atoms with Crippen molar-refractivity contribution in [3.8, 4) is 0 Å². The van der Waals surface area contributed by atoms with E-state index < -0.39 is 0 Å². The first-order valence-corrected chi connectivity index (χ1v) is 9.51. The highest BCUT2D eigenvalue weighted by Crippen LogP contribution is 2.23. The summed E-state index contributed by atoms with van der Waals surface area (Å²) in [5, 5.41) is 6.82. The zero-order chi connectivity index (χ0) is 18.8. The van der Waals surface area contributed by atoms with Crippen molar-refractivity contribution in [3.63, 3.8) is 0 Å². The molecule has 1 saturated heterocycles. The molecule has 146 valence electrons. The molecule has 2 rings (SSSR count). The number of hydrogen-bond acceptors (Lipinski definition) is 4. The van der Waals surface area contributed by atoms with Gasteiger partial charge < -0.3 is 25.0 Å². The molecule has 0 spiro atoms. The van der Waals surface area contributed by atoms with Gasteiger partial charge in [-0.3, -0.25) is 4.99 Å². The van der Waals surface area contributed by atoms with E-state index in [-0.39, 0.29) is 5.60 Å². The van der Waals surface area contributed by atoms with Crippen LogP contribution in [-0.4, -0.2) is 65.1 Å². The van der Waals surface area contributed by atoms with Gasteiger partial charge in [0, 0.05) is 72.1 Å². The third kappa shape index (κ3) is 5.88. The fourth-order valence-corrected chi connectivity index (χ4v) is 3.27. The van der Waals surface area contributed by atoms with Crippen LogP contribution in [0.3, 0.4) is 0 Å². The van der Waals surface area contributed by atoms with Gasteiger partial charge in [0.1, 0.15) is 0 Å². The van der Waals surface area contributed by atoms with Gasteiger partial charge in [-0.15, -0.1) is 0 Å². The van der Waals surface area contributed by atoms with Gasteiger partial charge in [-0.05, 0) is 31.5 Å². The van der Waals surface area contributed by atoms with Crippen molar-refractivity contribution in [2.24, 2.45) is 4.99 Å². The molecule has 0 atom stereocenters. The number of nitrogens with one attached hydrogen (secondary N) is 2. The third-order valence-corrected chi connectivity index (χ3v) is 5.06. The van der Waals surface area contributed by atoms with Gasteiger partial charge >= 0.3 is 0 Å². The molecule has 6 nitrogen and oxygen atoms in total. The normalized spacial score (nSPS) is 17.0. The van der Waals surface area contributed by atoms with Crippen LogP contribution in [0.4, 0.5) is 5.69 Å². The summed E-state index contributed by atoms with van der Waals surface area (Å²) in [5.41, 5.74) is 2.39. The predicted octanol–water partition coefficient (Wildman–Crippen LogP) is 2.18. The number of nitrogens with zero attached hydrogens (tertiary/aromatic N) is 2. The lowest BCUT2D eigenvalue weighted by molar-refractivity contribution is -0.0855. The minimum Gasteiger partial charge on any atom is -0.381 e. The second kappa shape index (κ2) is 10.4. The number of likely N-dealkylation sites (N-methyl/N-ethyl adjacent to an activating group) is 1. The van der Waals surface area contributed by atoms with Crippen molar-refractivity contribution in [3.05, 3.63) is 29.8 Å². The molecule has 1 fully saturated rings. The molecule has 1 aliphatic rings. The highest BCUT2D eigenvalue weighted by atomic mass is 16.5. The lowest BCUT2D eigenvalue weighted by Gasteiger charge is -2.36. The third-order valence-electron chi connectivity index (χ3n) is 5.06. The van der Waals surface area contributed by atoms with E-state index in [0.717, 1.165) is 58.2 Å². The number of anilines is 1. The molecule has 2 N–H and O–H groups in total. The van der Waals surface area contributed by atoms with Crippen molar-refractivity contribution in [1.29, 1.82) is 0 Å². The molecule has 0 aliphatic carbocycles. The molecule has 1 heterocycles. The Morgan fingerprint density at radius 3 is 2.69 bits per heavy atom. The summed E-state index contributed by atoms with van der Waals surface area (Å²) in [5.74, 6) is 0.813. The maximum absolute atomic E-state index is 5.77. The van der Waals surface area contributed by atoms with Gasteiger partial charge in [0.15, 0.2) is 5.96 Å². The van der Waals surface area contributed by atoms with E-state index in [1.807, 2.05) is 0 Å². The molecule has 0 amide bonds. The quantitative estimate of drug-likeness (QED) is 0.548. The van der Waals surface area contributed by atoms with E-state index in [1.165, 1.54) is 11.3 Å². The Hall–Kier alpha value is -1.79. The molecule has 6 heteroatoms. The van der Waals surface area contributed by atoms with Crippen LogP contribution >= 0.6 is 0 Å². The second-order valence-corrected chi connectivity index (χ2v) is 6.77. The number of guanidine groups is 1. The summed E-state index contributed by atoms with van der Waals surface area (Å²) < 4.78 is 11.2. The molecule has 1 aromatic carbocycles. The van der Waals surface area contributed by atoms with Crippen molar-refractivity contribution in [2.45, 2.75) is 32.3 Å². The summed E-state index contributed by atoms with van der Waals surface area (Å²) in [4.78, 5) is 6.70. The van der Waals surface area contributed by atoms with E-state index in [1.54, 1.807) is 14.2 Å². The number of aliphatic imine (C=N–C) groups is 1. The van der Waals surface area contributed by atoms with Gasteiger partial charge in [-0.2, -0.15) is 0 Å². The Morgan fingerprint density at radius 2 is 2.08 bits per heavy atom. The zero-order valence-corrected chi connectivity index (χ0v) is 16.7. The molecular weight excluding hydrogens is 328 g/mol. The lowest BCUT2D eigenvalue weighted by atomic mass is 9.94. The predicted molar refractivity (Wildman–Crippen MR) is 108 cm³/mol. The Balaban J connectivity index is 1.80. The first kappa shape index (κ1) is 20.5. The molecule has 0 unspecified atom stereocenters. The van der Waals surface area contributed by atoms with Crippen molar-refractivity contribution < 1.29 is 9.47 Å². The van der Waals surface area contributed by atoms with Gasteiger partial charge in [0.25, 0.3) is 0 Å². The summed E-state index contributed by atoms with van der Waals surface area (Å²) in [6.07, 6.45) is 1.81. The maximum Gasteiger partial charge on any atom is 0.191 e.